The van der Waals surface area contributed by atoms with E-state index in [1.165, 1.54) is 17.2 Å². The molecular formula is C18H25N5NaO9P. The molecule has 0 aliphatic carbocycles. The van der Waals surface area contributed by atoms with E-state index in [1.54, 1.807) is 0 Å². The van der Waals surface area contributed by atoms with E-state index < -0.39 is 38.3 Å². The maximum absolute atomic E-state index is 12.2. The van der Waals surface area contributed by atoms with Gasteiger partial charge in [0.2, 0.25) is 5.91 Å². The summed E-state index contributed by atoms with van der Waals surface area (Å²) in [7, 11) is -4.55. The number of hydrogen-bond donors (Lipinski definition) is 1. The van der Waals surface area contributed by atoms with Crippen LogP contribution < -0.4 is 39.8 Å². The second kappa shape index (κ2) is 12.0. The molecule has 2 fully saturated rings. The van der Waals surface area contributed by atoms with E-state index in [1.807, 2.05) is 13.8 Å². The molecule has 182 valence electrons. The maximum atomic E-state index is 12.2. The molecule has 3 N–H and O–H groups in total. The van der Waals surface area contributed by atoms with E-state index in [-0.39, 0.29) is 59.8 Å². The molecule has 2 aromatic heterocycles. The van der Waals surface area contributed by atoms with Crippen LogP contribution in [-0.4, -0.2) is 61.8 Å². The number of rotatable bonds is 7. The minimum absolute atomic E-state index is 0. The molecule has 16 heteroatoms. The molecule has 1 amide bonds. The Balaban J connectivity index is 0.00000204. The van der Waals surface area contributed by atoms with Gasteiger partial charge in [0, 0.05) is 12.8 Å². The minimum atomic E-state index is -4.55. The standard InChI is InChI=1S/C18H24N5O8P.Na.H2O/c1-3-5-11(24)22-16-13-17(20-8-19-16)23(9-21-13)18-15(30-12(25)6-4-2)14-10(29-18)7-28-32(26,27)31-14;;/h8-10,14-15,18H,3-7H2,1-2H3,(H,26,27)(H,19,20,22,24);;1H2/q;+1;/p-1/t10-,14-,15-,18-;;/m1../s1. The Bertz CT molecular complexity index is 1070. The molecule has 2 aliphatic heterocycles. The summed E-state index contributed by atoms with van der Waals surface area (Å²) in [5, 5.41) is 2.70. The number of fused-ring (bicyclic) bond motifs is 2. The Morgan fingerprint density at radius 3 is 2.71 bits per heavy atom. The third-order valence-electron chi connectivity index (χ3n) is 5.02. The first-order valence-electron chi connectivity index (χ1n) is 10.3. The number of anilines is 1. The van der Waals surface area contributed by atoms with Crippen molar-refractivity contribution in [2.45, 2.75) is 64.1 Å². The van der Waals surface area contributed by atoms with Crippen LogP contribution in [0.15, 0.2) is 12.7 Å². The van der Waals surface area contributed by atoms with Crippen LogP contribution in [0.2, 0.25) is 0 Å². The Hall–Kier alpha value is -1.48. The third-order valence-corrected chi connectivity index (χ3v) is 5.99. The maximum Gasteiger partial charge on any atom is 1.00 e. The molecule has 34 heavy (non-hydrogen) atoms. The van der Waals surface area contributed by atoms with Crippen LogP contribution in [0.3, 0.4) is 0 Å². The van der Waals surface area contributed by atoms with Gasteiger partial charge < -0.3 is 34.2 Å². The Kier molecular flexibility index (Phi) is 10.1. The van der Waals surface area contributed by atoms with Crippen molar-refractivity contribution in [2.24, 2.45) is 0 Å². The Labute approximate surface area is 216 Å². The second-order valence-electron chi connectivity index (χ2n) is 7.43. The summed E-state index contributed by atoms with van der Waals surface area (Å²) in [6.07, 6.45) is 0.404. The van der Waals surface area contributed by atoms with E-state index in [0.717, 1.165) is 0 Å². The van der Waals surface area contributed by atoms with E-state index in [4.69, 9.17) is 18.5 Å². The van der Waals surface area contributed by atoms with Gasteiger partial charge in [-0.2, -0.15) is 0 Å². The predicted molar refractivity (Wildman–Crippen MR) is 110 cm³/mol. The van der Waals surface area contributed by atoms with Crippen molar-refractivity contribution in [1.29, 1.82) is 0 Å². The molecule has 0 aromatic carbocycles. The van der Waals surface area contributed by atoms with Crippen LogP contribution in [0.1, 0.15) is 45.8 Å². The number of hydrogen-bond acceptors (Lipinski definition) is 11. The predicted octanol–water partition coefficient (Wildman–Crippen LogP) is -2.76. The molecule has 4 heterocycles. The van der Waals surface area contributed by atoms with Crippen molar-refractivity contribution in [1.82, 2.24) is 19.5 Å². The SMILES string of the molecule is CCCC(=O)Nc1ncnc2c1ncn2[C@@H]1O[C@@H]2COP(=O)([O-])O[C@H]2[C@H]1OC(=O)CCC.O.[Na+]. The number of nitrogens with one attached hydrogen (secondary N) is 1. The van der Waals surface area contributed by atoms with Gasteiger partial charge in [-0.05, 0) is 12.8 Å². The van der Waals surface area contributed by atoms with Crippen molar-refractivity contribution in [2.75, 3.05) is 11.9 Å². The number of carbonyl (C=O) groups excluding carboxylic acids is 2. The summed E-state index contributed by atoms with van der Waals surface area (Å²) < 4.78 is 34.7. The molecule has 14 nitrogen and oxygen atoms in total. The van der Waals surface area contributed by atoms with Gasteiger partial charge in [-0.1, -0.05) is 13.8 Å². The molecule has 5 atom stereocenters. The number of aromatic nitrogens is 4. The van der Waals surface area contributed by atoms with Crippen LogP contribution in [-0.2, 0) is 32.7 Å². The summed E-state index contributed by atoms with van der Waals surface area (Å²) >= 11 is 0. The first kappa shape index (κ1) is 28.8. The molecule has 2 aromatic rings. The Morgan fingerprint density at radius 2 is 2.00 bits per heavy atom. The molecule has 2 saturated heterocycles. The molecular weight excluding hydrogens is 484 g/mol. The van der Waals surface area contributed by atoms with Gasteiger partial charge in [-0.15, -0.1) is 0 Å². The smallest absolute Gasteiger partial charge is 0.756 e. The fraction of sp³-hybridized carbons (Fsp3) is 0.611. The summed E-state index contributed by atoms with van der Waals surface area (Å²) in [6.45, 7) is 3.43. The number of phosphoric acid groups is 1. The quantitative estimate of drug-likeness (QED) is 0.230. The molecule has 0 saturated carbocycles. The van der Waals surface area contributed by atoms with Crippen molar-refractivity contribution >= 4 is 36.7 Å². The van der Waals surface area contributed by atoms with Crippen LogP contribution >= 0.6 is 7.82 Å². The summed E-state index contributed by atoms with van der Waals surface area (Å²) in [6, 6.07) is 0. The average Bonchev–Trinajstić information content (AvgIpc) is 3.30. The molecule has 2 aliphatic rings. The zero-order valence-corrected chi connectivity index (χ0v) is 21.9. The minimum Gasteiger partial charge on any atom is -0.756 e. The molecule has 1 unspecified atom stereocenters. The zero-order chi connectivity index (χ0) is 22.9. The van der Waals surface area contributed by atoms with Gasteiger partial charge in [0.15, 0.2) is 29.3 Å². The number of imidazole rings is 1. The number of amides is 1. The van der Waals surface area contributed by atoms with Crippen LogP contribution in [0, 0.1) is 0 Å². The fourth-order valence-corrected chi connectivity index (χ4v) is 4.57. The fourth-order valence-electron chi connectivity index (χ4n) is 3.63. The topological polar surface area (TPSA) is 198 Å². The van der Waals surface area contributed by atoms with Crippen molar-refractivity contribution in [3.05, 3.63) is 12.7 Å². The molecule has 0 bridgehead atoms. The third kappa shape index (κ3) is 6.01. The molecule has 0 radical (unpaired) electrons. The first-order valence-corrected chi connectivity index (χ1v) is 11.7. The van der Waals surface area contributed by atoms with E-state index in [0.29, 0.717) is 30.4 Å². The zero-order valence-electron chi connectivity index (χ0n) is 19.0. The number of esters is 1. The average molecular weight is 509 g/mol. The first-order chi connectivity index (χ1) is 15.3. The van der Waals surface area contributed by atoms with E-state index in [2.05, 4.69) is 20.3 Å². The van der Waals surface area contributed by atoms with Gasteiger partial charge in [-0.25, -0.2) is 15.0 Å². The van der Waals surface area contributed by atoms with Gasteiger partial charge in [0.05, 0.1) is 12.9 Å². The Morgan fingerprint density at radius 1 is 1.26 bits per heavy atom. The van der Waals surface area contributed by atoms with Crippen molar-refractivity contribution < 1.29 is 72.6 Å². The molecule has 4 rings (SSSR count). The summed E-state index contributed by atoms with van der Waals surface area (Å²) in [4.78, 5) is 48.7. The van der Waals surface area contributed by atoms with Crippen LogP contribution in [0.4, 0.5) is 5.82 Å². The number of phosphoric ester groups is 1. The number of carbonyl (C=O) groups is 2. The number of ether oxygens (including phenoxy) is 2. The normalized spacial score (nSPS) is 27.9. The van der Waals surface area contributed by atoms with Gasteiger partial charge in [0.1, 0.15) is 18.5 Å². The van der Waals surface area contributed by atoms with Gasteiger partial charge >= 0.3 is 35.5 Å². The van der Waals surface area contributed by atoms with Crippen LogP contribution in [0.25, 0.3) is 11.2 Å². The largest absolute Gasteiger partial charge is 1.00 e. The van der Waals surface area contributed by atoms with Crippen molar-refractivity contribution in [3.63, 3.8) is 0 Å². The summed E-state index contributed by atoms with van der Waals surface area (Å²) in [5.41, 5.74) is 0.610. The van der Waals surface area contributed by atoms with E-state index in [9.17, 15) is 19.0 Å². The molecule has 0 spiro atoms. The van der Waals surface area contributed by atoms with Gasteiger partial charge in [-0.3, -0.25) is 18.7 Å². The van der Waals surface area contributed by atoms with Crippen LogP contribution in [0.5, 0.6) is 0 Å². The number of nitrogens with zero attached hydrogens (tertiary/aromatic N) is 4. The van der Waals surface area contributed by atoms with Gasteiger partial charge in [0.25, 0.3) is 7.82 Å². The van der Waals surface area contributed by atoms with E-state index >= 15 is 0 Å². The second-order valence-corrected chi connectivity index (χ2v) is 8.79. The monoisotopic (exact) mass is 509 g/mol. The summed E-state index contributed by atoms with van der Waals surface area (Å²) in [5.74, 6) is -0.506. The van der Waals surface area contributed by atoms with Crippen molar-refractivity contribution in [3.8, 4) is 0 Å².